The van der Waals surface area contributed by atoms with E-state index in [0.29, 0.717) is 5.69 Å². The maximum absolute atomic E-state index is 11.1. The van der Waals surface area contributed by atoms with Crippen molar-refractivity contribution < 1.29 is 14.1 Å². The van der Waals surface area contributed by atoms with Gasteiger partial charge >= 0.3 is 0 Å². The van der Waals surface area contributed by atoms with Crippen LogP contribution in [0, 0.1) is 0 Å². The molecule has 0 spiro atoms. The molecule has 0 atom stereocenters. The molecule has 0 N–H and O–H groups in total. The average molecular weight is 178 g/mol. The maximum atomic E-state index is 11.1. The van der Waals surface area contributed by atoms with Crippen molar-refractivity contribution >= 4 is 11.8 Å². The number of aromatic nitrogens is 1. The Labute approximate surface area is 73.6 Å². The number of amides is 2. The predicted octanol–water partition coefficient (Wildman–Crippen LogP) is 0.0996. The molecule has 13 heavy (non-hydrogen) atoms. The van der Waals surface area contributed by atoms with Crippen LogP contribution in [0.25, 0.3) is 0 Å². The Morgan fingerprint density at radius 3 is 2.54 bits per heavy atom. The SMILES string of the molecule is O=C1C=CC(=O)N1Cc1ccon1. The van der Waals surface area contributed by atoms with Gasteiger partial charge in [0.2, 0.25) is 0 Å². The van der Waals surface area contributed by atoms with Crippen LogP contribution in [0.4, 0.5) is 0 Å². The molecular weight excluding hydrogens is 172 g/mol. The van der Waals surface area contributed by atoms with E-state index in [0.717, 1.165) is 4.90 Å². The van der Waals surface area contributed by atoms with Crippen molar-refractivity contribution in [1.29, 1.82) is 0 Å². The lowest BCUT2D eigenvalue weighted by Gasteiger charge is -2.10. The summed E-state index contributed by atoms with van der Waals surface area (Å²) in [4.78, 5) is 23.2. The number of carbonyl (C=O) groups is 2. The van der Waals surface area contributed by atoms with Crippen LogP contribution in [0.5, 0.6) is 0 Å². The van der Waals surface area contributed by atoms with Gasteiger partial charge in [0.1, 0.15) is 12.0 Å². The molecule has 66 valence electrons. The molecule has 1 aromatic heterocycles. The van der Waals surface area contributed by atoms with Crippen LogP contribution in [-0.2, 0) is 16.1 Å². The van der Waals surface area contributed by atoms with E-state index in [2.05, 4.69) is 9.68 Å². The van der Waals surface area contributed by atoms with Gasteiger partial charge < -0.3 is 4.52 Å². The smallest absolute Gasteiger partial charge is 0.253 e. The van der Waals surface area contributed by atoms with E-state index in [4.69, 9.17) is 0 Å². The molecule has 0 fully saturated rings. The third-order valence-corrected chi connectivity index (χ3v) is 1.71. The first-order chi connectivity index (χ1) is 6.27. The van der Waals surface area contributed by atoms with Crippen molar-refractivity contribution in [3.8, 4) is 0 Å². The molecule has 1 aliphatic heterocycles. The summed E-state index contributed by atoms with van der Waals surface area (Å²) in [5.74, 6) is -0.624. The Hall–Kier alpha value is -1.91. The van der Waals surface area contributed by atoms with Crippen LogP contribution in [0.3, 0.4) is 0 Å². The van der Waals surface area contributed by atoms with Gasteiger partial charge in [-0.2, -0.15) is 0 Å². The molecular formula is C8H6N2O3. The van der Waals surface area contributed by atoms with E-state index in [1.54, 1.807) is 6.07 Å². The van der Waals surface area contributed by atoms with Crippen molar-refractivity contribution in [3.05, 3.63) is 30.2 Å². The zero-order chi connectivity index (χ0) is 9.26. The van der Waals surface area contributed by atoms with Crippen molar-refractivity contribution in [2.75, 3.05) is 0 Å². The van der Waals surface area contributed by atoms with Crippen molar-refractivity contribution in [1.82, 2.24) is 10.1 Å². The lowest BCUT2D eigenvalue weighted by molar-refractivity contribution is -0.137. The largest absolute Gasteiger partial charge is 0.364 e. The van der Waals surface area contributed by atoms with Crippen molar-refractivity contribution in [2.45, 2.75) is 6.54 Å². The summed E-state index contributed by atoms with van der Waals surface area (Å²) in [6, 6.07) is 1.61. The molecule has 2 rings (SSSR count). The summed E-state index contributed by atoms with van der Waals surface area (Å²) >= 11 is 0. The van der Waals surface area contributed by atoms with Crippen molar-refractivity contribution in [2.24, 2.45) is 0 Å². The molecule has 0 aliphatic carbocycles. The van der Waals surface area contributed by atoms with Crippen LogP contribution in [0.2, 0.25) is 0 Å². The fraction of sp³-hybridized carbons (Fsp3) is 0.125. The monoisotopic (exact) mass is 178 g/mol. The number of hydrogen-bond acceptors (Lipinski definition) is 4. The minimum atomic E-state index is -0.312. The first kappa shape index (κ1) is 7.72. The van der Waals surface area contributed by atoms with Gasteiger partial charge in [-0.1, -0.05) is 5.16 Å². The third-order valence-electron chi connectivity index (χ3n) is 1.71. The summed E-state index contributed by atoms with van der Waals surface area (Å²) in [7, 11) is 0. The van der Waals surface area contributed by atoms with E-state index >= 15 is 0 Å². The van der Waals surface area contributed by atoms with E-state index in [1.807, 2.05) is 0 Å². The third kappa shape index (κ3) is 1.35. The van der Waals surface area contributed by atoms with Gasteiger partial charge in [-0.25, -0.2) is 0 Å². The number of nitrogens with zero attached hydrogens (tertiary/aromatic N) is 2. The molecule has 1 aromatic rings. The lowest BCUT2D eigenvalue weighted by Crippen LogP contribution is -2.29. The topological polar surface area (TPSA) is 63.4 Å². The summed E-state index contributed by atoms with van der Waals surface area (Å²) in [5, 5.41) is 3.60. The number of hydrogen-bond donors (Lipinski definition) is 0. The summed E-state index contributed by atoms with van der Waals surface area (Å²) in [5.41, 5.74) is 0.561. The first-order valence-electron chi connectivity index (χ1n) is 3.70. The predicted molar refractivity (Wildman–Crippen MR) is 41.2 cm³/mol. The molecule has 0 bridgehead atoms. The second kappa shape index (κ2) is 2.85. The number of imide groups is 1. The van der Waals surface area contributed by atoms with Gasteiger partial charge in [-0.3, -0.25) is 14.5 Å². The summed E-state index contributed by atoms with van der Waals surface area (Å²) in [6.07, 6.45) is 3.87. The molecule has 0 radical (unpaired) electrons. The highest BCUT2D eigenvalue weighted by molar-refractivity contribution is 6.12. The van der Waals surface area contributed by atoms with Gasteiger partial charge in [0.05, 0.1) is 6.54 Å². The van der Waals surface area contributed by atoms with Crippen LogP contribution >= 0.6 is 0 Å². The molecule has 0 saturated heterocycles. The fourth-order valence-corrected chi connectivity index (χ4v) is 1.07. The average Bonchev–Trinajstić information content (AvgIpc) is 2.70. The Bertz CT molecular complexity index is 349. The van der Waals surface area contributed by atoms with Crippen LogP contribution in [0.1, 0.15) is 5.69 Å². The summed E-state index contributed by atoms with van der Waals surface area (Å²) in [6.45, 7) is 0.168. The van der Waals surface area contributed by atoms with Gasteiger partial charge in [0.15, 0.2) is 0 Å². The van der Waals surface area contributed by atoms with Crippen molar-refractivity contribution in [3.63, 3.8) is 0 Å². The quantitative estimate of drug-likeness (QED) is 0.602. The van der Waals surface area contributed by atoms with Gasteiger partial charge in [0.25, 0.3) is 11.8 Å². The second-order valence-electron chi connectivity index (χ2n) is 2.59. The molecule has 5 heteroatoms. The van der Waals surface area contributed by atoms with E-state index in [-0.39, 0.29) is 18.4 Å². The zero-order valence-electron chi connectivity index (χ0n) is 6.64. The van der Waals surface area contributed by atoms with Crippen LogP contribution in [0.15, 0.2) is 29.0 Å². The maximum Gasteiger partial charge on any atom is 0.253 e. The Balaban J connectivity index is 2.11. The minimum absolute atomic E-state index is 0.168. The van der Waals surface area contributed by atoms with E-state index in [1.165, 1.54) is 18.4 Å². The molecule has 1 aliphatic rings. The lowest BCUT2D eigenvalue weighted by atomic mass is 10.4. The normalized spacial score (nSPS) is 15.8. The second-order valence-corrected chi connectivity index (χ2v) is 2.59. The van der Waals surface area contributed by atoms with Crippen LogP contribution < -0.4 is 0 Å². The standard InChI is InChI=1S/C8H6N2O3/c11-7-1-2-8(12)10(7)5-6-3-4-13-9-6/h1-4H,5H2. The Morgan fingerprint density at radius 1 is 1.31 bits per heavy atom. The minimum Gasteiger partial charge on any atom is -0.364 e. The zero-order valence-corrected chi connectivity index (χ0v) is 6.64. The van der Waals surface area contributed by atoms with E-state index < -0.39 is 0 Å². The number of carbonyl (C=O) groups excluding carboxylic acids is 2. The molecule has 5 nitrogen and oxygen atoms in total. The Morgan fingerprint density at radius 2 is 2.00 bits per heavy atom. The highest BCUT2D eigenvalue weighted by Crippen LogP contribution is 2.08. The first-order valence-corrected chi connectivity index (χ1v) is 3.70. The number of rotatable bonds is 2. The molecule has 2 heterocycles. The van der Waals surface area contributed by atoms with E-state index in [9.17, 15) is 9.59 Å². The fourth-order valence-electron chi connectivity index (χ4n) is 1.07. The molecule has 2 amide bonds. The highest BCUT2D eigenvalue weighted by Gasteiger charge is 2.23. The van der Waals surface area contributed by atoms with Crippen LogP contribution in [-0.4, -0.2) is 21.9 Å². The molecule has 0 saturated carbocycles. The highest BCUT2D eigenvalue weighted by atomic mass is 16.5. The van der Waals surface area contributed by atoms with Gasteiger partial charge in [-0.15, -0.1) is 0 Å². The van der Waals surface area contributed by atoms with Gasteiger partial charge in [-0.05, 0) is 0 Å². The Kier molecular flexibility index (Phi) is 1.70. The molecule has 0 unspecified atom stereocenters. The summed E-state index contributed by atoms with van der Waals surface area (Å²) < 4.78 is 4.58. The van der Waals surface area contributed by atoms with Gasteiger partial charge in [0, 0.05) is 18.2 Å². The molecule has 0 aromatic carbocycles.